The van der Waals surface area contributed by atoms with Gasteiger partial charge in [-0.05, 0) is 19.1 Å². The number of hydrogen-bond donors (Lipinski definition) is 2. The second-order valence-corrected chi connectivity index (χ2v) is 7.19. The Morgan fingerprint density at radius 1 is 1.38 bits per heavy atom. The SMILES string of the molecule is Cc1ccc(OCc2nc(CC(=O)NC3(C(=O)O)CCOC3)cs2)cc1. The van der Waals surface area contributed by atoms with Crippen molar-refractivity contribution in [3.8, 4) is 5.75 Å². The number of carbonyl (C=O) groups excluding carboxylic acids is 1. The van der Waals surface area contributed by atoms with E-state index in [4.69, 9.17) is 9.47 Å². The van der Waals surface area contributed by atoms with Crippen LogP contribution in [-0.2, 0) is 27.4 Å². The lowest BCUT2D eigenvalue weighted by atomic mass is 9.99. The van der Waals surface area contributed by atoms with Gasteiger partial charge in [0.15, 0.2) is 5.54 Å². The normalized spacial score (nSPS) is 19.3. The lowest BCUT2D eigenvalue weighted by Gasteiger charge is -2.23. The van der Waals surface area contributed by atoms with Crippen molar-refractivity contribution in [1.82, 2.24) is 10.3 Å². The lowest BCUT2D eigenvalue weighted by molar-refractivity contribution is -0.147. The maximum atomic E-state index is 12.2. The number of aryl methyl sites for hydroxylation is 1. The Bertz CT molecular complexity index is 781. The molecular weight excluding hydrogens is 356 g/mol. The highest BCUT2D eigenvalue weighted by Gasteiger charge is 2.43. The number of amides is 1. The topological polar surface area (TPSA) is 97.8 Å². The van der Waals surface area contributed by atoms with Crippen molar-refractivity contribution in [3.63, 3.8) is 0 Å². The predicted molar refractivity (Wildman–Crippen MR) is 95.3 cm³/mol. The number of carboxylic acids is 1. The third-order valence-corrected chi connectivity index (χ3v) is 5.01. The van der Waals surface area contributed by atoms with Crippen LogP contribution >= 0.6 is 11.3 Å². The Labute approximate surface area is 155 Å². The summed E-state index contributed by atoms with van der Waals surface area (Å²) in [6.07, 6.45) is 0.289. The molecule has 1 saturated heterocycles. The van der Waals surface area contributed by atoms with E-state index in [-0.39, 0.29) is 25.4 Å². The van der Waals surface area contributed by atoms with E-state index < -0.39 is 11.5 Å². The average molecular weight is 376 g/mol. The predicted octanol–water partition coefficient (Wildman–Crippen LogP) is 1.93. The van der Waals surface area contributed by atoms with E-state index in [2.05, 4.69) is 10.3 Å². The second-order valence-electron chi connectivity index (χ2n) is 6.25. The Morgan fingerprint density at radius 3 is 2.81 bits per heavy atom. The summed E-state index contributed by atoms with van der Waals surface area (Å²) in [4.78, 5) is 28.0. The second kappa shape index (κ2) is 7.84. The molecule has 1 unspecified atom stereocenters. The monoisotopic (exact) mass is 376 g/mol. The molecule has 1 fully saturated rings. The molecule has 1 amide bonds. The number of ether oxygens (including phenoxy) is 2. The van der Waals surface area contributed by atoms with E-state index in [9.17, 15) is 14.7 Å². The summed E-state index contributed by atoms with van der Waals surface area (Å²) in [7, 11) is 0. The Kier molecular flexibility index (Phi) is 5.53. The molecule has 7 nitrogen and oxygen atoms in total. The number of nitrogens with zero attached hydrogens (tertiary/aromatic N) is 1. The van der Waals surface area contributed by atoms with E-state index in [1.165, 1.54) is 11.3 Å². The summed E-state index contributed by atoms with van der Waals surface area (Å²) in [5.74, 6) is -0.697. The largest absolute Gasteiger partial charge is 0.486 e. The minimum atomic E-state index is -1.33. The molecule has 3 rings (SSSR count). The van der Waals surface area contributed by atoms with Gasteiger partial charge < -0.3 is 19.9 Å². The molecule has 0 radical (unpaired) electrons. The number of carbonyl (C=O) groups is 2. The van der Waals surface area contributed by atoms with Crippen LogP contribution in [0.2, 0.25) is 0 Å². The van der Waals surface area contributed by atoms with Crippen LogP contribution in [0.1, 0.15) is 22.7 Å². The standard InChI is InChI=1S/C18H20N2O5S/c1-12-2-4-14(5-3-12)25-9-16-19-13(10-26-16)8-15(21)20-18(17(22)23)6-7-24-11-18/h2-5,10H,6-9,11H2,1H3,(H,20,21)(H,22,23). The fourth-order valence-electron chi connectivity index (χ4n) is 2.64. The van der Waals surface area contributed by atoms with Gasteiger partial charge in [0.05, 0.1) is 18.7 Å². The number of carboxylic acid groups (broad SMARTS) is 1. The number of nitrogens with one attached hydrogen (secondary N) is 1. The lowest BCUT2D eigenvalue weighted by Crippen LogP contribution is -2.55. The van der Waals surface area contributed by atoms with Crippen LogP contribution in [0.25, 0.3) is 0 Å². The summed E-state index contributed by atoms with van der Waals surface area (Å²) in [6, 6.07) is 7.73. The molecule has 26 heavy (non-hydrogen) atoms. The minimum Gasteiger partial charge on any atom is -0.486 e. The molecule has 1 aromatic heterocycles. The quantitative estimate of drug-likeness (QED) is 0.766. The first kappa shape index (κ1) is 18.3. The summed E-state index contributed by atoms with van der Waals surface area (Å²) < 4.78 is 10.8. The first-order valence-electron chi connectivity index (χ1n) is 8.22. The fourth-order valence-corrected chi connectivity index (χ4v) is 3.34. The number of aromatic nitrogens is 1. The third kappa shape index (κ3) is 4.39. The smallest absolute Gasteiger partial charge is 0.331 e. The molecule has 1 aromatic carbocycles. The van der Waals surface area contributed by atoms with Crippen LogP contribution in [-0.4, -0.2) is 40.7 Å². The molecule has 0 spiro atoms. The zero-order valence-corrected chi connectivity index (χ0v) is 15.2. The first-order chi connectivity index (χ1) is 12.5. The van der Waals surface area contributed by atoms with Gasteiger partial charge in [-0.1, -0.05) is 17.7 Å². The molecular formula is C18H20N2O5S. The van der Waals surface area contributed by atoms with E-state index in [0.29, 0.717) is 18.9 Å². The van der Waals surface area contributed by atoms with Crippen LogP contribution in [0, 0.1) is 6.92 Å². The average Bonchev–Trinajstić information content (AvgIpc) is 3.25. The van der Waals surface area contributed by atoms with Gasteiger partial charge in [0.25, 0.3) is 0 Å². The van der Waals surface area contributed by atoms with Gasteiger partial charge in [-0.3, -0.25) is 4.79 Å². The van der Waals surface area contributed by atoms with Gasteiger partial charge in [-0.25, -0.2) is 9.78 Å². The molecule has 2 N–H and O–H groups in total. The van der Waals surface area contributed by atoms with Crippen molar-refractivity contribution < 1.29 is 24.2 Å². The van der Waals surface area contributed by atoms with Gasteiger partial charge in [-0.2, -0.15) is 0 Å². The van der Waals surface area contributed by atoms with Crippen LogP contribution in [0.3, 0.4) is 0 Å². The van der Waals surface area contributed by atoms with Gasteiger partial charge in [0, 0.05) is 18.4 Å². The Hall–Kier alpha value is -2.45. The Morgan fingerprint density at radius 2 is 2.15 bits per heavy atom. The van der Waals surface area contributed by atoms with Gasteiger partial charge >= 0.3 is 5.97 Å². The highest BCUT2D eigenvalue weighted by molar-refractivity contribution is 7.09. The number of hydrogen-bond acceptors (Lipinski definition) is 6. The maximum Gasteiger partial charge on any atom is 0.331 e. The van der Waals surface area contributed by atoms with Crippen molar-refractivity contribution in [2.45, 2.75) is 31.9 Å². The van der Waals surface area contributed by atoms with Crippen LogP contribution in [0.4, 0.5) is 0 Å². The number of thiazole rings is 1. The first-order valence-corrected chi connectivity index (χ1v) is 9.10. The third-order valence-electron chi connectivity index (χ3n) is 4.13. The number of aliphatic carboxylic acids is 1. The van der Waals surface area contributed by atoms with E-state index in [0.717, 1.165) is 16.3 Å². The molecule has 2 aromatic rings. The van der Waals surface area contributed by atoms with E-state index in [1.54, 1.807) is 5.38 Å². The molecule has 0 aliphatic carbocycles. The van der Waals surface area contributed by atoms with Crippen molar-refractivity contribution in [1.29, 1.82) is 0 Å². The van der Waals surface area contributed by atoms with E-state index >= 15 is 0 Å². The summed E-state index contributed by atoms with van der Waals surface area (Å²) in [5, 5.41) is 14.5. The van der Waals surface area contributed by atoms with E-state index in [1.807, 2.05) is 31.2 Å². The Balaban J connectivity index is 1.53. The van der Waals surface area contributed by atoms with Crippen molar-refractivity contribution in [2.24, 2.45) is 0 Å². The highest BCUT2D eigenvalue weighted by Crippen LogP contribution is 2.20. The molecule has 0 saturated carbocycles. The van der Waals surface area contributed by atoms with Crippen molar-refractivity contribution >= 4 is 23.2 Å². The maximum absolute atomic E-state index is 12.2. The molecule has 8 heteroatoms. The zero-order chi connectivity index (χ0) is 18.6. The van der Waals surface area contributed by atoms with Gasteiger partial charge in [0.1, 0.15) is 17.4 Å². The molecule has 0 bridgehead atoms. The van der Waals surface area contributed by atoms with Crippen molar-refractivity contribution in [2.75, 3.05) is 13.2 Å². The van der Waals surface area contributed by atoms with Crippen LogP contribution in [0.15, 0.2) is 29.6 Å². The fraction of sp³-hybridized carbons (Fsp3) is 0.389. The highest BCUT2D eigenvalue weighted by atomic mass is 32.1. The van der Waals surface area contributed by atoms with Crippen LogP contribution in [0.5, 0.6) is 5.75 Å². The van der Waals surface area contributed by atoms with Crippen LogP contribution < -0.4 is 10.1 Å². The summed E-state index contributed by atoms with van der Waals surface area (Å²) in [5.41, 5.74) is 0.422. The van der Waals surface area contributed by atoms with Crippen molar-refractivity contribution in [3.05, 3.63) is 45.9 Å². The minimum absolute atomic E-state index is 0.0131. The number of rotatable bonds is 7. The molecule has 1 atom stereocenters. The summed E-state index contributed by atoms with van der Waals surface area (Å²) >= 11 is 1.40. The number of benzene rings is 1. The summed E-state index contributed by atoms with van der Waals surface area (Å²) in [6.45, 7) is 2.64. The van der Waals surface area contributed by atoms with Gasteiger partial charge in [-0.15, -0.1) is 11.3 Å². The molecule has 138 valence electrons. The molecule has 1 aliphatic rings. The zero-order valence-electron chi connectivity index (χ0n) is 14.4. The van der Waals surface area contributed by atoms with Gasteiger partial charge in [0.2, 0.25) is 5.91 Å². The molecule has 1 aliphatic heterocycles. The molecule has 2 heterocycles.